The van der Waals surface area contributed by atoms with Gasteiger partial charge in [0.15, 0.2) is 5.82 Å². The SMILES string of the molecule is Cc1cc(C)c(C(=O)O)cc1/C=N/Nc1cnccn1. The van der Waals surface area contributed by atoms with Crippen molar-refractivity contribution in [3.63, 3.8) is 0 Å². The van der Waals surface area contributed by atoms with Crippen LogP contribution in [-0.4, -0.2) is 27.3 Å². The first kappa shape index (κ1) is 13.7. The van der Waals surface area contributed by atoms with E-state index in [1.807, 2.05) is 13.0 Å². The van der Waals surface area contributed by atoms with Crippen LogP contribution in [0.1, 0.15) is 27.0 Å². The predicted molar refractivity (Wildman–Crippen MR) is 76.1 cm³/mol. The largest absolute Gasteiger partial charge is 0.478 e. The summed E-state index contributed by atoms with van der Waals surface area (Å²) < 4.78 is 0. The third-order valence-corrected chi connectivity index (χ3v) is 2.79. The highest BCUT2D eigenvalue weighted by atomic mass is 16.4. The van der Waals surface area contributed by atoms with Gasteiger partial charge < -0.3 is 5.11 Å². The Kier molecular flexibility index (Phi) is 4.05. The van der Waals surface area contributed by atoms with E-state index < -0.39 is 5.97 Å². The number of aromatic nitrogens is 2. The number of benzene rings is 1. The van der Waals surface area contributed by atoms with E-state index in [9.17, 15) is 4.79 Å². The van der Waals surface area contributed by atoms with Crippen molar-refractivity contribution in [1.82, 2.24) is 9.97 Å². The molecule has 0 bridgehead atoms. The highest BCUT2D eigenvalue weighted by molar-refractivity contribution is 5.93. The zero-order valence-electron chi connectivity index (χ0n) is 11.2. The van der Waals surface area contributed by atoms with Crippen molar-refractivity contribution in [1.29, 1.82) is 0 Å². The van der Waals surface area contributed by atoms with Crippen LogP contribution < -0.4 is 5.43 Å². The van der Waals surface area contributed by atoms with Crippen LogP contribution in [0.15, 0.2) is 35.8 Å². The van der Waals surface area contributed by atoms with Gasteiger partial charge in [0.25, 0.3) is 0 Å². The summed E-state index contributed by atoms with van der Waals surface area (Å²) in [6.07, 6.45) is 6.23. The average Bonchev–Trinajstić information content (AvgIpc) is 2.42. The zero-order chi connectivity index (χ0) is 14.5. The molecule has 102 valence electrons. The van der Waals surface area contributed by atoms with E-state index >= 15 is 0 Å². The third kappa shape index (κ3) is 3.17. The Morgan fingerprint density at radius 1 is 1.30 bits per heavy atom. The molecule has 6 nitrogen and oxygen atoms in total. The van der Waals surface area contributed by atoms with Gasteiger partial charge in [-0.1, -0.05) is 6.07 Å². The number of rotatable bonds is 4. The number of carboxylic acids is 1. The molecule has 2 N–H and O–H groups in total. The monoisotopic (exact) mass is 270 g/mol. The molecule has 1 aromatic heterocycles. The first-order valence-corrected chi connectivity index (χ1v) is 5.97. The number of carboxylic acid groups (broad SMARTS) is 1. The summed E-state index contributed by atoms with van der Waals surface area (Å²) in [5.41, 5.74) is 5.43. The predicted octanol–water partition coefficient (Wildman–Crippen LogP) is 2.24. The third-order valence-electron chi connectivity index (χ3n) is 2.79. The molecule has 0 aliphatic rings. The van der Waals surface area contributed by atoms with E-state index in [0.717, 1.165) is 16.7 Å². The van der Waals surface area contributed by atoms with Crippen LogP contribution in [0.5, 0.6) is 0 Å². The summed E-state index contributed by atoms with van der Waals surface area (Å²) in [5.74, 6) is -0.425. The summed E-state index contributed by atoms with van der Waals surface area (Å²) in [4.78, 5) is 19.0. The van der Waals surface area contributed by atoms with Crippen LogP contribution in [0.3, 0.4) is 0 Å². The fourth-order valence-electron chi connectivity index (χ4n) is 1.76. The summed E-state index contributed by atoms with van der Waals surface area (Å²) in [6.45, 7) is 3.68. The first-order valence-electron chi connectivity index (χ1n) is 5.97. The Bertz CT molecular complexity index is 654. The Hall–Kier alpha value is -2.76. The minimum atomic E-state index is -0.945. The maximum absolute atomic E-state index is 11.1. The van der Waals surface area contributed by atoms with Gasteiger partial charge in [-0.05, 0) is 36.6 Å². The summed E-state index contributed by atoms with van der Waals surface area (Å²) in [7, 11) is 0. The lowest BCUT2D eigenvalue weighted by Crippen LogP contribution is -2.03. The van der Waals surface area contributed by atoms with E-state index in [-0.39, 0.29) is 5.56 Å². The Labute approximate surface area is 116 Å². The molecule has 0 saturated heterocycles. The smallest absolute Gasteiger partial charge is 0.335 e. The van der Waals surface area contributed by atoms with Gasteiger partial charge in [0, 0.05) is 12.4 Å². The number of anilines is 1. The maximum Gasteiger partial charge on any atom is 0.335 e. The quantitative estimate of drug-likeness (QED) is 0.657. The highest BCUT2D eigenvalue weighted by Gasteiger charge is 2.09. The number of aryl methyl sites for hydroxylation is 2. The lowest BCUT2D eigenvalue weighted by atomic mass is 10.0. The minimum absolute atomic E-state index is 0.275. The Morgan fingerprint density at radius 2 is 2.10 bits per heavy atom. The Morgan fingerprint density at radius 3 is 2.75 bits per heavy atom. The normalized spacial score (nSPS) is 10.7. The van der Waals surface area contributed by atoms with Crippen molar-refractivity contribution in [2.75, 3.05) is 5.43 Å². The van der Waals surface area contributed by atoms with E-state index in [2.05, 4.69) is 20.5 Å². The fourth-order valence-corrected chi connectivity index (χ4v) is 1.76. The molecule has 1 heterocycles. The molecule has 2 aromatic rings. The summed E-state index contributed by atoms with van der Waals surface area (Å²) in [6, 6.07) is 3.43. The van der Waals surface area contributed by atoms with Gasteiger partial charge in [-0.2, -0.15) is 5.10 Å². The molecule has 0 aliphatic heterocycles. The van der Waals surface area contributed by atoms with Crippen LogP contribution >= 0.6 is 0 Å². The van der Waals surface area contributed by atoms with E-state index in [4.69, 9.17) is 5.11 Å². The van der Waals surface area contributed by atoms with Crippen LogP contribution in [0, 0.1) is 13.8 Å². The molecule has 0 atom stereocenters. The second kappa shape index (κ2) is 5.92. The zero-order valence-corrected chi connectivity index (χ0v) is 11.2. The lowest BCUT2D eigenvalue weighted by molar-refractivity contribution is 0.0696. The molecular formula is C14H14N4O2. The van der Waals surface area contributed by atoms with Gasteiger partial charge in [0.1, 0.15) is 0 Å². The maximum atomic E-state index is 11.1. The van der Waals surface area contributed by atoms with Crippen molar-refractivity contribution < 1.29 is 9.90 Å². The minimum Gasteiger partial charge on any atom is -0.478 e. The standard InChI is InChI=1S/C14H14N4O2/c1-9-5-10(2)12(14(19)20)6-11(9)7-17-18-13-8-15-3-4-16-13/h3-8H,1-2H3,(H,16,18)(H,19,20)/b17-7+. The molecule has 20 heavy (non-hydrogen) atoms. The molecular weight excluding hydrogens is 256 g/mol. The van der Waals surface area contributed by atoms with Gasteiger partial charge in [-0.15, -0.1) is 0 Å². The van der Waals surface area contributed by atoms with Gasteiger partial charge >= 0.3 is 5.97 Å². The summed E-state index contributed by atoms with van der Waals surface area (Å²) >= 11 is 0. The second-order valence-electron chi connectivity index (χ2n) is 4.29. The van der Waals surface area contributed by atoms with Crippen LogP contribution in [0.2, 0.25) is 0 Å². The fraction of sp³-hybridized carbons (Fsp3) is 0.143. The number of carbonyl (C=O) groups is 1. The van der Waals surface area contributed by atoms with E-state index in [0.29, 0.717) is 5.82 Å². The number of hydrogen-bond donors (Lipinski definition) is 2. The molecule has 0 radical (unpaired) electrons. The first-order chi connectivity index (χ1) is 9.58. The molecule has 1 aromatic carbocycles. The molecule has 0 amide bonds. The number of hydrazone groups is 1. The molecule has 0 unspecified atom stereocenters. The molecule has 2 rings (SSSR count). The lowest BCUT2D eigenvalue weighted by Gasteiger charge is -2.06. The van der Waals surface area contributed by atoms with Gasteiger partial charge in [-0.25, -0.2) is 9.78 Å². The molecule has 0 fully saturated rings. The second-order valence-corrected chi connectivity index (χ2v) is 4.29. The van der Waals surface area contributed by atoms with Crippen molar-refractivity contribution in [2.24, 2.45) is 5.10 Å². The topological polar surface area (TPSA) is 87.5 Å². The van der Waals surface area contributed by atoms with Crippen molar-refractivity contribution in [3.8, 4) is 0 Å². The van der Waals surface area contributed by atoms with Crippen LogP contribution in [0.4, 0.5) is 5.82 Å². The summed E-state index contributed by atoms with van der Waals surface area (Å²) in [5, 5.41) is 13.1. The number of nitrogens with zero attached hydrogens (tertiary/aromatic N) is 3. The van der Waals surface area contributed by atoms with E-state index in [1.54, 1.807) is 37.8 Å². The Balaban J connectivity index is 2.21. The molecule has 0 aliphatic carbocycles. The number of aromatic carboxylic acids is 1. The van der Waals surface area contributed by atoms with Gasteiger partial charge in [-0.3, -0.25) is 10.4 Å². The number of hydrogen-bond acceptors (Lipinski definition) is 5. The highest BCUT2D eigenvalue weighted by Crippen LogP contribution is 2.15. The van der Waals surface area contributed by atoms with Crippen molar-refractivity contribution in [3.05, 3.63) is 53.0 Å². The molecule has 0 spiro atoms. The molecule has 6 heteroatoms. The van der Waals surface area contributed by atoms with Gasteiger partial charge in [0.05, 0.1) is 18.0 Å². The van der Waals surface area contributed by atoms with Crippen molar-refractivity contribution >= 4 is 18.0 Å². The van der Waals surface area contributed by atoms with E-state index in [1.165, 1.54) is 0 Å². The average molecular weight is 270 g/mol. The van der Waals surface area contributed by atoms with Crippen LogP contribution in [-0.2, 0) is 0 Å². The molecule has 0 saturated carbocycles. The number of nitrogens with one attached hydrogen (secondary N) is 1. The van der Waals surface area contributed by atoms with Crippen molar-refractivity contribution in [2.45, 2.75) is 13.8 Å². The van der Waals surface area contributed by atoms with Crippen LogP contribution in [0.25, 0.3) is 0 Å². The van der Waals surface area contributed by atoms with Gasteiger partial charge in [0.2, 0.25) is 0 Å².